The van der Waals surface area contributed by atoms with E-state index in [4.69, 9.17) is 0 Å². The summed E-state index contributed by atoms with van der Waals surface area (Å²) in [4.78, 5) is 10.4. The molecule has 4 heteroatoms. The normalized spacial score (nSPS) is 36.0. The molecule has 1 unspecified atom stereocenters. The topological polar surface area (TPSA) is 49.4 Å². The summed E-state index contributed by atoms with van der Waals surface area (Å²) in [6, 6.07) is 0. The van der Waals surface area contributed by atoms with E-state index >= 15 is 0 Å². The number of likely N-dealkylation sites (N-methyl/N-ethyl adjacent to an activating group) is 1. The maximum Gasteiger partial charge on any atom is 0.362 e. The van der Waals surface area contributed by atoms with Crippen LogP contribution >= 0.6 is 0 Å². The number of hydrogen-bond acceptors (Lipinski definition) is 3. The second-order valence-corrected chi connectivity index (χ2v) is 2.40. The highest BCUT2D eigenvalue weighted by molar-refractivity contribution is 5.71. The molecule has 0 bridgehead atoms. The summed E-state index contributed by atoms with van der Waals surface area (Å²) in [6.45, 7) is 0.602. The van der Waals surface area contributed by atoms with Crippen LogP contribution < -0.4 is 0 Å². The Kier molecular flexibility index (Phi) is 1.42. The fourth-order valence-electron chi connectivity index (χ4n) is 0.750. The van der Waals surface area contributed by atoms with Crippen molar-refractivity contribution in [1.82, 2.24) is 0 Å². The van der Waals surface area contributed by atoms with Crippen LogP contribution in [0.1, 0.15) is 0 Å². The molecule has 0 aromatic heterocycles. The minimum Gasteiger partial charge on any atom is -0.632 e. The van der Waals surface area contributed by atoms with Gasteiger partial charge in [0.2, 0.25) is 0 Å². The van der Waals surface area contributed by atoms with E-state index in [0.717, 1.165) is 0 Å². The summed E-state index contributed by atoms with van der Waals surface area (Å²) in [5.74, 6) is -0.390. The molecule has 0 radical (unpaired) electrons. The van der Waals surface area contributed by atoms with Gasteiger partial charge in [0, 0.05) is 0 Å². The Morgan fingerprint density at radius 2 is 2.44 bits per heavy atom. The molecule has 9 heavy (non-hydrogen) atoms. The molecule has 1 aliphatic heterocycles. The molecule has 4 nitrogen and oxygen atoms in total. The van der Waals surface area contributed by atoms with E-state index in [0.29, 0.717) is 6.54 Å². The molecule has 0 amide bonds. The molecule has 1 aliphatic rings. The van der Waals surface area contributed by atoms with Crippen LogP contribution in [-0.2, 0) is 9.53 Å². The van der Waals surface area contributed by atoms with Crippen molar-refractivity contribution < 1.29 is 14.2 Å². The molecule has 52 valence electrons. The fourth-order valence-corrected chi connectivity index (χ4v) is 0.750. The monoisotopic (exact) mass is 131 g/mol. The third kappa shape index (κ3) is 1.65. The number of hydroxylamine groups is 3. The summed E-state index contributed by atoms with van der Waals surface area (Å²) >= 11 is 0. The van der Waals surface area contributed by atoms with E-state index in [1.807, 2.05) is 0 Å². The fraction of sp³-hybridized carbons (Fsp3) is 0.800. The average Bonchev–Trinajstić information content (AvgIpc) is 1.60. The van der Waals surface area contributed by atoms with Crippen LogP contribution in [0.4, 0.5) is 0 Å². The Morgan fingerprint density at radius 1 is 1.78 bits per heavy atom. The number of quaternary nitrogens is 1. The molecule has 1 rings (SSSR count). The lowest BCUT2D eigenvalue weighted by atomic mass is 10.4. The molecule has 0 N–H and O–H groups in total. The third-order valence-electron chi connectivity index (χ3n) is 1.29. The van der Waals surface area contributed by atoms with Crippen LogP contribution in [0, 0.1) is 5.21 Å². The lowest BCUT2D eigenvalue weighted by Gasteiger charge is -2.39. The van der Waals surface area contributed by atoms with Gasteiger partial charge in [-0.3, -0.25) is 0 Å². The van der Waals surface area contributed by atoms with Crippen LogP contribution in [-0.4, -0.2) is 37.4 Å². The zero-order valence-corrected chi connectivity index (χ0v) is 5.29. The van der Waals surface area contributed by atoms with Gasteiger partial charge in [0.15, 0.2) is 6.54 Å². The van der Waals surface area contributed by atoms with E-state index in [9.17, 15) is 10.0 Å². The number of nitrogens with zero attached hydrogens (tertiary/aromatic N) is 1. The maximum absolute atomic E-state index is 11.0. The number of ether oxygens (including phenoxy) is 1. The van der Waals surface area contributed by atoms with Gasteiger partial charge in [-0.05, 0) is 0 Å². The van der Waals surface area contributed by atoms with Crippen LogP contribution in [0.15, 0.2) is 0 Å². The predicted octanol–water partition coefficient (Wildman–Crippen LogP) is -0.512. The minimum atomic E-state index is -0.487. The van der Waals surface area contributed by atoms with Crippen LogP contribution in [0.2, 0.25) is 0 Å². The van der Waals surface area contributed by atoms with Gasteiger partial charge in [0.1, 0.15) is 13.2 Å². The van der Waals surface area contributed by atoms with Crippen molar-refractivity contribution in [3.05, 3.63) is 5.21 Å². The van der Waals surface area contributed by atoms with E-state index < -0.39 is 10.6 Å². The van der Waals surface area contributed by atoms with Gasteiger partial charge in [0.25, 0.3) is 0 Å². The maximum atomic E-state index is 11.0. The molecule has 1 fully saturated rings. The lowest BCUT2D eigenvalue weighted by molar-refractivity contribution is -0.858. The van der Waals surface area contributed by atoms with E-state index in [-0.39, 0.29) is 13.2 Å². The Labute approximate surface area is 53.2 Å². The van der Waals surface area contributed by atoms with Crippen molar-refractivity contribution in [2.75, 3.05) is 26.7 Å². The third-order valence-corrected chi connectivity index (χ3v) is 1.29. The SMILES string of the molecule is C[N+]1([O-])CCOC(=O)C1. The molecule has 1 saturated heterocycles. The highest BCUT2D eigenvalue weighted by Crippen LogP contribution is 2.04. The van der Waals surface area contributed by atoms with Crippen molar-refractivity contribution in [1.29, 1.82) is 0 Å². The molecule has 0 saturated carbocycles. The zero-order chi connectivity index (χ0) is 6.91. The van der Waals surface area contributed by atoms with E-state index in [2.05, 4.69) is 4.74 Å². The van der Waals surface area contributed by atoms with Gasteiger partial charge in [0.05, 0.1) is 7.05 Å². The highest BCUT2D eigenvalue weighted by atomic mass is 16.6. The van der Waals surface area contributed by atoms with Gasteiger partial charge in [-0.15, -0.1) is 0 Å². The lowest BCUT2D eigenvalue weighted by Crippen LogP contribution is -2.49. The van der Waals surface area contributed by atoms with Crippen molar-refractivity contribution >= 4 is 5.97 Å². The first-order valence-corrected chi connectivity index (χ1v) is 2.81. The second kappa shape index (κ2) is 1.97. The summed E-state index contributed by atoms with van der Waals surface area (Å²) in [7, 11) is 1.47. The van der Waals surface area contributed by atoms with Gasteiger partial charge >= 0.3 is 5.97 Å². The molecule has 1 atom stereocenters. The molecular formula is C5H9NO3. The quantitative estimate of drug-likeness (QED) is 0.252. The van der Waals surface area contributed by atoms with E-state index in [1.165, 1.54) is 7.05 Å². The number of rotatable bonds is 0. The Bertz CT molecular complexity index is 132. The van der Waals surface area contributed by atoms with Crippen LogP contribution in [0.5, 0.6) is 0 Å². The van der Waals surface area contributed by atoms with Gasteiger partial charge < -0.3 is 14.6 Å². The number of carbonyl (C=O) groups is 1. The number of morpholine rings is 1. The molecule has 0 aromatic rings. The standard InChI is InChI=1S/C5H9NO3/c1-6(8)2-3-9-5(7)4-6/h2-4H2,1H3. The molecule has 0 spiro atoms. The zero-order valence-electron chi connectivity index (χ0n) is 5.29. The van der Waals surface area contributed by atoms with Crippen molar-refractivity contribution in [3.8, 4) is 0 Å². The highest BCUT2D eigenvalue weighted by Gasteiger charge is 2.22. The summed E-state index contributed by atoms with van der Waals surface area (Å²) in [5, 5.41) is 11.0. The molecule has 1 heterocycles. The van der Waals surface area contributed by atoms with Crippen molar-refractivity contribution in [2.45, 2.75) is 0 Å². The first-order valence-electron chi connectivity index (χ1n) is 2.81. The number of esters is 1. The van der Waals surface area contributed by atoms with Crippen LogP contribution in [0.25, 0.3) is 0 Å². The first kappa shape index (κ1) is 6.51. The van der Waals surface area contributed by atoms with Crippen molar-refractivity contribution in [2.24, 2.45) is 0 Å². The van der Waals surface area contributed by atoms with E-state index in [1.54, 1.807) is 0 Å². The van der Waals surface area contributed by atoms with Crippen molar-refractivity contribution in [3.63, 3.8) is 0 Å². The summed E-state index contributed by atoms with van der Waals surface area (Å²) in [6.07, 6.45) is 0. The molecule has 0 aliphatic carbocycles. The smallest absolute Gasteiger partial charge is 0.362 e. The van der Waals surface area contributed by atoms with Crippen LogP contribution in [0.3, 0.4) is 0 Å². The summed E-state index contributed by atoms with van der Waals surface area (Å²) in [5.41, 5.74) is 0. The van der Waals surface area contributed by atoms with Gasteiger partial charge in [-0.2, -0.15) is 0 Å². The number of carbonyl (C=O) groups excluding carboxylic acids is 1. The van der Waals surface area contributed by atoms with Gasteiger partial charge in [-0.25, -0.2) is 4.79 Å². The number of hydrogen-bond donors (Lipinski definition) is 0. The average molecular weight is 131 g/mol. The Balaban J connectivity index is 2.51. The Morgan fingerprint density at radius 3 is 2.78 bits per heavy atom. The predicted molar refractivity (Wildman–Crippen MR) is 30.2 cm³/mol. The Hall–Kier alpha value is -0.610. The minimum absolute atomic E-state index is 0.0417. The summed E-state index contributed by atoms with van der Waals surface area (Å²) < 4.78 is 4.07. The largest absolute Gasteiger partial charge is 0.632 e. The number of cyclic esters (lactones) is 1. The van der Waals surface area contributed by atoms with Gasteiger partial charge in [-0.1, -0.05) is 0 Å². The molecule has 0 aromatic carbocycles. The molecular weight excluding hydrogens is 122 g/mol. The second-order valence-electron chi connectivity index (χ2n) is 2.40. The first-order chi connectivity index (χ1) is 4.10.